The van der Waals surface area contributed by atoms with Crippen molar-refractivity contribution < 1.29 is 14.5 Å². The van der Waals surface area contributed by atoms with E-state index in [4.69, 9.17) is 16.3 Å². The second kappa shape index (κ2) is 9.77. The summed E-state index contributed by atoms with van der Waals surface area (Å²) in [6.45, 7) is 2.55. The lowest BCUT2D eigenvalue weighted by Crippen LogP contribution is -2.13. The molecule has 1 amide bonds. The third-order valence-electron chi connectivity index (χ3n) is 3.71. The molecule has 0 aliphatic heterocycles. The van der Waals surface area contributed by atoms with Gasteiger partial charge in [0.25, 0.3) is 5.69 Å². The van der Waals surface area contributed by atoms with Crippen LogP contribution in [-0.4, -0.2) is 17.4 Å². The monoisotopic (exact) mass is 376 g/mol. The Labute approximate surface area is 157 Å². The number of carbonyl (C=O) groups excluding carboxylic acids is 1. The fourth-order valence-electron chi connectivity index (χ4n) is 2.42. The number of carbonyl (C=O) groups is 1. The highest BCUT2D eigenvalue weighted by atomic mass is 35.5. The first-order chi connectivity index (χ1) is 12.5. The fourth-order valence-corrected chi connectivity index (χ4v) is 2.60. The number of anilines is 1. The summed E-state index contributed by atoms with van der Waals surface area (Å²) in [5, 5.41) is 13.5. The number of ether oxygens (including phenoxy) is 1. The molecule has 0 radical (unpaired) electrons. The summed E-state index contributed by atoms with van der Waals surface area (Å²) >= 11 is 5.74. The SMILES string of the molecule is CCCc1ccc(OCCCC(=O)Nc2ccc(Cl)c([N+](=O)[O-])c2)cc1. The Morgan fingerprint density at radius 1 is 1.23 bits per heavy atom. The average Bonchev–Trinajstić information content (AvgIpc) is 2.62. The molecule has 26 heavy (non-hydrogen) atoms. The number of nitro groups is 1. The van der Waals surface area contributed by atoms with Gasteiger partial charge in [-0.05, 0) is 42.7 Å². The molecule has 2 rings (SSSR count). The minimum atomic E-state index is -0.586. The van der Waals surface area contributed by atoms with Gasteiger partial charge in [0.15, 0.2) is 0 Å². The van der Waals surface area contributed by atoms with Crippen molar-refractivity contribution in [3.8, 4) is 5.75 Å². The van der Waals surface area contributed by atoms with Gasteiger partial charge in [-0.2, -0.15) is 0 Å². The van der Waals surface area contributed by atoms with Gasteiger partial charge in [0.1, 0.15) is 10.8 Å². The Bertz CT molecular complexity index is 763. The third-order valence-corrected chi connectivity index (χ3v) is 4.03. The summed E-state index contributed by atoms with van der Waals surface area (Å²) in [7, 11) is 0. The molecule has 0 aromatic heterocycles. The topological polar surface area (TPSA) is 81.5 Å². The van der Waals surface area contributed by atoms with Crippen LogP contribution in [0.15, 0.2) is 42.5 Å². The first kappa shape index (κ1) is 19.7. The maximum atomic E-state index is 11.9. The van der Waals surface area contributed by atoms with Gasteiger partial charge in [0, 0.05) is 18.2 Å². The first-order valence-electron chi connectivity index (χ1n) is 8.45. The van der Waals surface area contributed by atoms with E-state index in [1.165, 1.54) is 23.8 Å². The molecule has 0 heterocycles. The van der Waals surface area contributed by atoms with Crippen molar-refractivity contribution in [2.45, 2.75) is 32.6 Å². The molecule has 0 atom stereocenters. The summed E-state index contributed by atoms with van der Waals surface area (Å²) in [5.41, 5.74) is 1.38. The number of amides is 1. The van der Waals surface area contributed by atoms with Crippen LogP contribution in [0.3, 0.4) is 0 Å². The highest BCUT2D eigenvalue weighted by molar-refractivity contribution is 6.32. The number of hydrogen-bond donors (Lipinski definition) is 1. The van der Waals surface area contributed by atoms with Crippen LogP contribution >= 0.6 is 11.6 Å². The molecule has 0 bridgehead atoms. The molecule has 1 N–H and O–H groups in total. The molecule has 0 saturated heterocycles. The van der Waals surface area contributed by atoms with Gasteiger partial charge < -0.3 is 10.1 Å². The molecular weight excluding hydrogens is 356 g/mol. The van der Waals surface area contributed by atoms with Gasteiger partial charge in [0.05, 0.1) is 11.5 Å². The first-order valence-corrected chi connectivity index (χ1v) is 8.83. The zero-order valence-electron chi connectivity index (χ0n) is 14.5. The van der Waals surface area contributed by atoms with E-state index in [-0.39, 0.29) is 23.0 Å². The minimum Gasteiger partial charge on any atom is -0.494 e. The zero-order valence-corrected chi connectivity index (χ0v) is 15.3. The molecule has 2 aromatic rings. The summed E-state index contributed by atoms with van der Waals surface area (Å²) < 4.78 is 5.62. The largest absolute Gasteiger partial charge is 0.494 e. The highest BCUT2D eigenvalue weighted by Gasteiger charge is 2.13. The molecular formula is C19H21ClN2O4. The van der Waals surface area contributed by atoms with Crippen molar-refractivity contribution in [3.63, 3.8) is 0 Å². The molecule has 138 valence electrons. The number of halogens is 1. The van der Waals surface area contributed by atoms with Gasteiger partial charge in [-0.15, -0.1) is 0 Å². The molecule has 7 heteroatoms. The number of benzene rings is 2. The summed E-state index contributed by atoms with van der Waals surface area (Å²) in [5.74, 6) is 0.544. The van der Waals surface area contributed by atoms with Crippen LogP contribution in [0.4, 0.5) is 11.4 Å². The number of aryl methyl sites for hydroxylation is 1. The van der Waals surface area contributed by atoms with E-state index < -0.39 is 4.92 Å². The normalized spacial score (nSPS) is 10.4. The molecule has 0 aliphatic rings. The number of nitrogens with zero attached hydrogens (tertiary/aromatic N) is 1. The third kappa shape index (κ3) is 6.04. The number of nitrogens with one attached hydrogen (secondary N) is 1. The van der Waals surface area contributed by atoms with Crippen LogP contribution in [0.5, 0.6) is 5.75 Å². The van der Waals surface area contributed by atoms with E-state index in [9.17, 15) is 14.9 Å². The molecule has 0 fully saturated rings. The van der Waals surface area contributed by atoms with Crippen LogP contribution in [0.2, 0.25) is 5.02 Å². The molecule has 6 nitrogen and oxygen atoms in total. The van der Waals surface area contributed by atoms with Crippen molar-refractivity contribution in [1.29, 1.82) is 0 Å². The van der Waals surface area contributed by atoms with E-state index >= 15 is 0 Å². The van der Waals surface area contributed by atoms with Gasteiger partial charge in [-0.1, -0.05) is 37.1 Å². The average molecular weight is 377 g/mol. The standard InChI is InChI=1S/C19H21ClN2O4/c1-2-4-14-6-9-16(10-7-14)26-12-3-5-19(23)21-15-8-11-17(20)18(13-15)22(24)25/h6-11,13H,2-5,12H2,1H3,(H,21,23). The zero-order chi connectivity index (χ0) is 18.9. The Balaban J connectivity index is 1.75. The van der Waals surface area contributed by atoms with Crippen molar-refractivity contribution in [2.75, 3.05) is 11.9 Å². The summed E-state index contributed by atoms with van der Waals surface area (Å²) in [6, 6.07) is 12.1. The Hall–Kier alpha value is -2.60. The molecule has 0 unspecified atom stereocenters. The predicted octanol–water partition coefficient (Wildman–Crippen LogP) is 5.00. The Kier molecular flexibility index (Phi) is 7.41. The Morgan fingerprint density at radius 3 is 2.62 bits per heavy atom. The maximum Gasteiger partial charge on any atom is 0.289 e. The minimum absolute atomic E-state index is 0.0337. The maximum absolute atomic E-state index is 11.9. The lowest BCUT2D eigenvalue weighted by atomic mass is 10.1. The van der Waals surface area contributed by atoms with E-state index in [0.29, 0.717) is 18.7 Å². The number of rotatable bonds is 9. The van der Waals surface area contributed by atoms with Gasteiger partial charge in [-0.3, -0.25) is 14.9 Å². The summed E-state index contributed by atoms with van der Waals surface area (Å²) in [4.78, 5) is 22.2. The number of hydrogen-bond acceptors (Lipinski definition) is 4. The van der Waals surface area contributed by atoms with Crippen LogP contribution in [0.1, 0.15) is 31.7 Å². The van der Waals surface area contributed by atoms with E-state index in [2.05, 4.69) is 12.2 Å². The second-order valence-corrected chi connectivity index (χ2v) is 6.22. The number of nitro benzene ring substituents is 1. The van der Waals surface area contributed by atoms with Crippen LogP contribution in [0, 0.1) is 10.1 Å². The quantitative estimate of drug-likeness (QED) is 0.379. The van der Waals surface area contributed by atoms with E-state index in [0.717, 1.165) is 18.6 Å². The lowest BCUT2D eigenvalue weighted by molar-refractivity contribution is -0.384. The van der Waals surface area contributed by atoms with Crippen molar-refractivity contribution in [2.24, 2.45) is 0 Å². The van der Waals surface area contributed by atoms with Gasteiger partial charge in [-0.25, -0.2) is 0 Å². The molecule has 0 spiro atoms. The van der Waals surface area contributed by atoms with Crippen LogP contribution in [0.25, 0.3) is 0 Å². The fraction of sp³-hybridized carbons (Fsp3) is 0.316. The van der Waals surface area contributed by atoms with Crippen LogP contribution < -0.4 is 10.1 Å². The van der Waals surface area contributed by atoms with E-state index in [1.807, 2.05) is 24.3 Å². The van der Waals surface area contributed by atoms with Crippen molar-refractivity contribution in [3.05, 3.63) is 63.2 Å². The second-order valence-electron chi connectivity index (χ2n) is 5.82. The highest BCUT2D eigenvalue weighted by Crippen LogP contribution is 2.27. The van der Waals surface area contributed by atoms with Gasteiger partial charge in [0.2, 0.25) is 5.91 Å². The molecule has 0 aliphatic carbocycles. The van der Waals surface area contributed by atoms with Crippen molar-refractivity contribution >= 4 is 28.9 Å². The van der Waals surface area contributed by atoms with Crippen LogP contribution in [-0.2, 0) is 11.2 Å². The Morgan fingerprint density at radius 2 is 1.96 bits per heavy atom. The molecule has 0 saturated carbocycles. The lowest BCUT2D eigenvalue weighted by Gasteiger charge is -2.08. The van der Waals surface area contributed by atoms with Crippen molar-refractivity contribution in [1.82, 2.24) is 0 Å². The van der Waals surface area contributed by atoms with E-state index in [1.54, 1.807) is 0 Å². The smallest absolute Gasteiger partial charge is 0.289 e. The molecule has 2 aromatic carbocycles. The summed E-state index contributed by atoms with van der Waals surface area (Å²) in [6.07, 6.45) is 2.94. The van der Waals surface area contributed by atoms with Gasteiger partial charge >= 0.3 is 0 Å². The predicted molar refractivity (Wildman–Crippen MR) is 102 cm³/mol.